The third kappa shape index (κ3) is 5.09. The van der Waals surface area contributed by atoms with E-state index in [9.17, 15) is 4.79 Å². The molecule has 1 aromatic carbocycles. The molecule has 0 saturated carbocycles. The molecule has 5 nitrogen and oxygen atoms in total. The molecule has 0 unspecified atom stereocenters. The lowest BCUT2D eigenvalue weighted by Gasteiger charge is -2.13. The SMILES string of the molecule is CCCNC(=O)CCNCc1cccc(OC)c1OC. The van der Waals surface area contributed by atoms with Crippen LogP contribution in [0.1, 0.15) is 25.3 Å². The summed E-state index contributed by atoms with van der Waals surface area (Å²) < 4.78 is 10.6. The van der Waals surface area contributed by atoms with Crippen LogP contribution in [0, 0.1) is 0 Å². The topological polar surface area (TPSA) is 59.6 Å². The van der Waals surface area contributed by atoms with Gasteiger partial charge in [-0.2, -0.15) is 0 Å². The van der Waals surface area contributed by atoms with Crippen LogP contribution in [-0.2, 0) is 11.3 Å². The molecule has 1 aromatic rings. The van der Waals surface area contributed by atoms with Gasteiger partial charge in [-0.15, -0.1) is 0 Å². The number of ether oxygens (including phenoxy) is 2. The second-order valence-electron chi connectivity index (χ2n) is 4.43. The zero-order valence-electron chi connectivity index (χ0n) is 12.5. The van der Waals surface area contributed by atoms with E-state index in [1.807, 2.05) is 25.1 Å². The summed E-state index contributed by atoms with van der Waals surface area (Å²) in [6, 6.07) is 5.76. The quantitative estimate of drug-likeness (QED) is 0.676. The van der Waals surface area contributed by atoms with Gasteiger partial charge in [-0.25, -0.2) is 0 Å². The minimum absolute atomic E-state index is 0.0805. The fourth-order valence-electron chi connectivity index (χ4n) is 1.87. The molecule has 0 saturated heterocycles. The highest BCUT2D eigenvalue weighted by Crippen LogP contribution is 2.30. The third-order valence-electron chi connectivity index (χ3n) is 2.90. The first-order valence-electron chi connectivity index (χ1n) is 6.90. The van der Waals surface area contributed by atoms with Crippen molar-refractivity contribution in [3.63, 3.8) is 0 Å². The molecule has 5 heteroatoms. The molecule has 0 radical (unpaired) electrons. The first kappa shape index (κ1) is 16.3. The van der Waals surface area contributed by atoms with Crippen molar-refractivity contribution in [3.8, 4) is 11.5 Å². The summed E-state index contributed by atoms with van der Waals surface area (Å²) in [7, 11) is 3.24. The van der Waals surface area contributed by atoms with Gasteiger partial charge in [0.25, 0.3) is 0 Å². The second-order valence-corrected chi connectivity index (χ2v) is 4.43. The van der Waals surface area contributed by atoms with Gasteiger partial charge in [0.15, 0.2) is 11.5 Å². The lowest BCUT2D eigenvalue weighted by atomic mass is 10.2. The van der Waals surface area contributed by atoms with E-state index in [4.69, 9.17) is 9.47 Å². The molecule has 1 rings (SSSR count). The van der Waals surface area contributed by atoms with Crippen molar-refractivity contribution in [3.05, 3.63) is 23.8 Å². The first-order chi connectivity index (χ1) is 9.72. The minimum atomic E-state index is 0.0805. The van der Waals surface area contributed by atoms with Gasteiger partial charge in [0, 0.05) is 31.6 Å². The Bertz CT molecular complexity index is 422. The van der Waals surface area contributed by atoms with Crippen LogP contribution in [0.15, 0.2) is 18.2 Å². The van der Waals surface area contributed by atoms with Gasteiger partial charge in [-0.05, 0) is 12.5 Å². The molecule has 20 heavy (non-hydrogen) atoms. The van der Waals surface area contributed by atoms with Crippen molar-refractivity contribution >= 4 is 5.91 Å². The van der Waals surface area contributed by atoms with E-state index >= 15 is 0 Å². The van der Waals surface area contributed by atoms with E-state index in [1.165, 1.54) is 0 Å². The predicted molar refractivity (Wildman–Crippen MR) is 79.2 cm³/mol. The molecule has 0 aromatic heterocycles. The molecule has 0 fully saturated rings. The standard InChI is InChI=1S/C15H24N2O3/c1-4-9-17-14(18)8-10-16-11-12-6-5-7-13(19-2)15(12)20-3/h5-7,16H,4,8-11H2,1-3H3,(H,17,18). The molecule has 0 heterocycles. The fraction of sp³-hybridized carbons (Fsp3) is 0.533. The lowest BCUT2D eigenvalue weighted by Crippen LogP contribution is -2.28. The van der Waals surface area contributed by atoms with E-state index in [-0.39, 0.29) is 5.91 Å². The van der Waals surface area contributed by atoms with Gasteiger partial charge < -0.3 is 20.1 Å². The van der Waals surface area contributed by atoms with Crippen LogP contribution in [0.5, 0.6) is 11.5 Å². The van der Waals surface area contributed by atoms with Crippen LogP contribution in [0.2, 0.25) is 0 Å². The van der Waals surface area contributed by atoms with Crippen LogP contribution in [-0.4, -0.2) is 33.2 Å². The Morgan fingerprint density at radius 1 is 1.20 bits per heavy atom. The summed E-state index contributed by atoms with van der Waals surface area (Å²) in [5, 5.41) is 6.09. The van der Waals surface area contributed by atoms with Crippen molar-refractivity contribution in [2.45, 2.75) is 26.3 Å². The van der Waals surface area contributed by atoms with Gasteiger partial charge in [-0.1, -0.05) is 19.1 Å². The Balaban J connectivity index is 2.40. The van der Waals surface area contributed by atoms with Gasteiger partial charge in [0.1, 0.15) is 0 Å². The van der Waals surface area contributed by atoms with Gasteiger partial charge in [0.2, 0.25) is 5.91 Å². The molecule has 0 aliphatic carbocycles. The summed E-state index contributed by atoms with van der Waals surface area (Å²) >= 11 is 0. The number of amides is 1. The Morgan fingerprint density at radius 3 is 2.65 bits per heavy atom. The average molecular weight is 280 g/mol. The van der Waals surface area contributed by atoms with Crippen LogP contribution < -0.4 is 20.1 Å². The van der Waals surface area contributed by atoms with Crippen LogP contribution in [0.25, 0.3) is 0 Å². The van der Waals surface area contributed by atoms with E-state index in [2.05, 4.69) is 10.6 Å². The Hall–Kier alpha value is -1.75. The lowest BCUT2D eigenvalue weighted by molar-refractivity contribution is -0.120. The van der Waals surface area contributed by atoms with Crippen molar-refractivity contribution in [2.24, 2.45) is 0 Å². The third-order valence-corrected chi connectivity index (χ3v) is 2.90. The average Bonchev–Trinajstić information content (AvgIpc) is 2.48. The van der Waals surface area contributed by atoms with Gasteiger partial charge in [-0.3, -0.25) is 4.79 Å². The minimum Gasteiger partial charge on any atom is -0.493 e. The summed E-state index contributed by atoms with van der Waals surface area (Å²) in [6.45, 7) is 4.05. The number of carbonyl (C=O) groups is 1. The molecular weight excluding hydrogens is 256 g/mol. The summed E-state index contributed by atoms with van der Waals surface area (Å²) in [5.74, 6) is 1.53. The molecule has 0 atom stereocenters. The zero-order chi connectivity index (χ0) is 14.8. The summed E-state index contributed by atoms with van der Waals surface area (Å²) in [6.07, 6.45) is 1.44. The molecule has 112 valence electrons. The van der Waals surface area contributed by atoms with Crippen LogP contribution in [0.3, 0.4) is 0 Å². The summed E-state index contributed by atoms with van der Waals surface area (Å²) in [4.78, 5) is 11.4. The maximum Gasteiger partial charge on any atom is 0.221 e. The van der Waals surface area contributed by atoms with Gasteiger partial charge >= 0.3 is 0 Å². The number of nitrogens with one attached hydrogen (secondary N) is 2. The molecular formula is C15H24N2O3. The number of methoxy groups -OCH3 is 2. The molecule has 0 aliphatic rings. The smallest absolute Gasteiger partial charge is 0.221 e. The monoisotopic (exact) mass is 280 g/mol. The van der Waals surface area contributed by atoms with Crippen molar-refractivity contribution < 1.29 is 14.3 Å². The molecule has 0 aliphatic heterocycles. The van der Waals surface area contributed by atoms with E-state index in [0.29, 0.717) is 25.3 Å². The maximum atomic E-state index is 11.4. The Kier molecular flexibility index (Phi) is 7.50. The predicted octanol–water partition coefficient (Wildman–Crippen LogP) is 1.71. The maximum absolute atomic E-state index is 11.4. The molecule has 0 spiro atoms. The number of benzene rings is 1. The van der Waals surface area contributed by atoms with E-state index in [1.54, 1.807) is 14.2 Å². The highest BCUT2D eigenvalue weighted by atomic mass is 16.5. The molecule has 1 amide bonds. The second kappa shape index (κ2) is 9.20. The van der Waals surface area contributed by atoms with Crippen LogP contribution in [0.4, 0.5) is 0 Å². The number of hydrogen-bond acceptors (Lipinski definition) is 4. The highest BCUT2D eigenvalue weighted by molar-refractivity contribution is 5.75. The number of hydrogen-bond donors (Lipinski definition) is 2. The number of rotatable bonds is 9. The largest absolute Gasteiger partial charge is 0.493 e. The summed E-state index contributed by atoms with van der Waals surface area (Å²) in [5.41, 5.74) is 1.01. The Labute approximate surface area is 120 Å². The van der Waals surface area contributed by atoms with Crippen molar-refractivity contribution in [2.75, 3.05) is 27.3 Å². The molecule has 0 bridgehead atoms. The van der Waals surface area contributed by atoms with Crippen molar-refractivity contribution in [1.29, 1.82) is 0 Å². The first-order valence-corrected chi connectivity index (χ1v) is 6.90. The fourth-order valence-corrected chi connectivity index (χ4v) is 1.87. The number of carbonyl (C=O) groups excluding carboxylic acids is 1. The molecule has 2 N–H and O–H groups in total. The number of para-hydroxylation sites is 1. The highest BCUT2D eigenvalue weighted by Gasteiger charge is 2.08. The van der Waals surface area contributed by atoms with Crippen LogP contribution >= 0.6 is 0 Å². The van der Waals surface area contributed by atoms with Crippen molar-refractivity contribution in [1.82, 2.24) is 10.6 Å². The normalized spacial score (nSPS) is 10.2. The Morgan fingerprint density at radius 2 is 2.00 bits per heavy atom. The van der Waals surface area contributed by atoms with Gasteiger partial charge in [0.05, 0.1) is 14.2 Å². The zero-order valence-corrected chi connectivity index (χ0v) is 12.5. The van der Waals surface area contributed by atoms with E-state index < -0.39 is 0 Å². The van der Waals surface area contributed by atoms with E-state index in [0.717, 1.165) is 24.3 Å².